The van der Waals surface area contributed by atoms with Gasteiger partial charge >= 0.3 is 0 Å². The third-order valence-corrected chi connectivity index (χ3v) is 5.59. The summed E-state index contributed by atoms with van der Waals surface area (Å²) in [6, 6.07) is 4.05. The normalized spacial score (nSPS) is 19.1. The average molecular weight is 430 g/mol. The number of aliphatic hydroxyl groups is 1. The molecule has 1 aromatic rings. The maximum atomic E-state index is 14.9. The van der Waals surface area contributed by atoms with Crippen molar-refractivity contribution in [1.82, 2.24) is 4.90 Å². The second kappa shape index (κ2) is 9.83. The van der Waals surface area contributed by atoms with E-state index in [1.807, 2.05) is 6.92 Å². The highest BCUT2D eigenvalue weighted by molar-refractivity contribution is 6.02. The van der Waals surface area contributed by atoms with Crippen LogP contribution in [0.2, 0.25) is 0 Å². The highest BCUT2D eigenvalue weighted by Crippen LogP contribution is 2.34. The maximum absolute atomic E-state index is 14.9. The Balaban J connectivity index is 2.43. The van der Waals surface area contributed by atoms with Crippen molar-refractivity contribution >= 4 is 17.3 Å². The SMILES string of the molecule is C=CC(=C(C)C(=C)C(C)/C(F)=C\C(CC)C(C)=N)N1C(=O)c2cccc(F)c2NC1O. The van der Waals surface area contributed by atoms with Crippen LogP contribution in [-0.4, -0.2) is 28.0 Å². The zero-order valence-corrected chi connectivity index (χ0v) is 18.3. The molecule has 0 aromatic heterocycles. The molecule has 0 fully saturated rings. The first kappa shape index (κ1) is 24.2. The third-order valence-electron chi connectivity index (χ3n) is 5.59. The third kappa shape index (κ3) is 4.82. The average Bonchev–Trinajstić information content (AvgIpc) is 2.73. The summed E-state index contributed by atoms with van der Waals surface area (Å²) in [5.41, 5.74) is 1.44. The van der Waals surface area contributed by atoms with Crippen LogP contribution in [0.1, 0.15) is 44.5 Å². The Bertz CT molecular complexity index is 981. The summed E-state index contributed by atoms with van der Waals surface area (Å²) in [4.78, 5) is 14.1. The summed E-state index contributed by atoms with van der Waals surface area (Å²) >= 11 is 0. The molecule has 0 saturated heterocycles. The van der Waals surface area contributed by atoms with Gasteiger partial charge in [0.1, 0.15) is 11.6 Å². The second-order valence-corrected chi connectivity index (χ2v) is 7.57. The standard InChI is InChI=1S/C24H29F2N3O2/c1-7-17(16(6)27)12-20(26)14(4)13(3)15(5)21(8-2)29-23(30)18-10-9-11-19(25)22(18)28-24(29)31/h8-12,14,17,24,27-28,31H,2-3,7H2,1,4-6H3/b20-12+,21-15?,27-16?. The Morgan fingerprint density at radius 1 is 1.42 bits per heavy atom. The molecule has 2 rings (SSSR count). The van der Waals surface area contributed by atoms with Gasteiger partial charge in [0, 0.05) is 17.5 Å². The molecule has 3 unspecified atom stereocenters. The number of para-hydroxylation sites is 1. The molecule has 166 valence electrons. The lowest BCUT2D eigenvalue weighted by Gasteiger charge is -2.36. The lowest BCUT2D eigenvalue weighted by atomic mass is 9.90. The number of hydrogen-bond donors (Lipinski definition) is 3. The number of anilines is 1. The number of allylic oxidation sites excluding steroid dienone is 5. The van der Waals surface area contributed by atoms with E-state index in [4.69, 9.17) is 5.41 Å². The fourth-order valence-electron chi connectivity index (χ4n) is 3.50. The van der Waals surface area contributed by atoms with Crippen molar-refractivity contribution in [3.8, 4) is 0 Å². The molecule has 0 aliphatic carbocycles. The van der Waals surface area contributed by atoms with Gasteiger partial charge in [-0.3, -0.25) is 9.69 Å². The fourth-order valence-corrected chi connectivity index (χ4v) is 3.50. The lowest BCUT2D eigenvalue weighted by Crippen LogP contribution is -2.48. The first-order valence-corrected chi connectivity index (χ1v) is 10.1. The van der Waals surface area contributed by atoms with Gasteiger partial charge in [0.2, 0.25) is 6.35 Å². The van der Waals surface area contributed by atoms with Crippen molar-refractivity contribution < 1.29 is 18.7 Å². The molecule has 0 bridgehead atoms. The van der Waals surface area contributed by atoms with Gasteiger partial charge in [-0.1, -0.05) is 33.1 Å². The van der Waals surface area contributed by atoms with Crippen LogP contribution in [0.5, 0.6) is 0 Å². The topological polar surface area (TPSA) is 76.4 Å². The van der Waals surface area contributed by atoms with Crippen molar-refractivity contribution in [3.63, 3.8) is 0 Å². The van der Waals surface area contributed by atoms with Crippen LogP contribution in [0.3, 0.4) is 0 Å². The van der Waals surface area contributed by atoms with Crippen LogP contribution in [0.15, 0.2) is 66.2 Å². The van der Waals surface area contributed by atoms with Crippen LogP contribution >= 0.6 is 0 Å². The summed E-state index contributed by atoms with van der Waals surface area (Å²) in [5, 5.41) is 20.9. The Morgan fingerprint density at radius 2 is 2.06 bits per heavy atom. The molecule has 1 aromatic carbocycles. The van der Waals surface area contributed by atoms with E-state index in [0.29, 0.717) is 23.3 Å². The first-order valence-electron chi connectivity index (χ1n) is 10.1. The minimum absolute atomic E-state index is 0.0643. The Labute approximate surface area is 182 Å². The molecular formula is C24H29F2N3O2. The van der Waals surface area contributed by atoms with Crippen LogP contribution in [0.25, 0.3) is 0 Å². The van der Waals surface area contributed by atoms with Crippen molar-refractivity contribution in [3.05, 3.63) is 77.6 Å². The van der Waals surface area contributed by atoms with Gasteiger partial charge < -0.3 is 15.8 Å². The summed E-state index contributed by atoms with van der Waals surface area (Å²) in [6.07, 6.45) is 1.86. The van der Waals surface area contributed by atoms with Crippen molar-refractivity contribution in [2.24, 2.45) is 11.8 Å². The number of aliphatic hydroxyl groups excluding tert-OH is 1. The van der Waals surface area contributed by atoms with Crippen molar-refractivity contribution in [2.75, 3.05) is 5.32 Å². The number of benzene rings is 1. The van der Waals surface area contributed by atoms with E-state index in [-0.39, 0.29) is 22.9 Å². The van der Waals surface area contributed by atoms with E-state index < -0.39 is 29.8 Å². The first-order chi connectivity index (χ1) is 14.5. The molecule has 31 heavy (non-hydrogen) atoms. The van der Waals surface area contributed by atoms with Crippen molar-refractivity contribution in [1.29, 1.82) is 5.41 Å². The molecule has 7 heteroatoms. The predicted molar refractivity (Wildman–Crippen MR) is 120 cm³/mol. The lowest BCUT2D eigenvalue weighted by molar-refractivity contribution is 0.0345. The summed E-state index contributed by atoms with van der Waals surface area (Å²) < 4.78 is 28.9. The zero-order valence-electron chi connectivity index (χ0n) is 18.3. The van der Waals surface area contributed by atoms with Gasteiger partial charge in [-0.2, -0.15) is 0 Å². The zero-order chi connectivity index (χ0) is 23.5. The minimum Gasteiger partial charge on any atom is -0.356 e. The van der Waals surface area contributed by atoms with Crippen molar-refractivity contribution in [2.45, 2.75) is 40.5 Å². The second-order valence-electron chi connectivity index (χ2n) is 7.57. The number of nitrogens with zero attached hydrogens (tertiary/aromatic N) is 1. The summed E-state index contributed by atoms with van der Waals surface area (Å²) in [7, 11) is 0. The van der Waals surface area contributed by atoms with E-state index in [9.17, 15) is 18.7 Å². The monoisotopic (exact) mass is 429 g/mol. The number of fused-ring (bicyclic) bond motifs is 1. The number of carbonyl (C=O) groups is 1. The van der Waals surface area contributed by atoms with Gasteiger partial charge in [-0.25, -0.2) is 8.78 Å². The Kier molecular flexibility index (Phi) is 7.68. The highest BCUT2D eigenvalue weighted by atomic mass is 19.1. The molecule has 1 aliphatic heterocycles. The smallest absolute Gasteiger partial charge is 0.264 e. The molecule has 5 nitrogen and oxygen atoms in total. The molecule has 3 N–H and O–H groups in total. The van der Waals surface area contributed by atoms with Gasteiger partial charge in [0.25, 0.3) is 5.91 Å². The highest BCUT2D eigenvalue weighted by Gasteiger charge is 2.35. The molecule has 1 amide bonds. The van der Waals surface area contributed by atoms with E-state index in [1.54, 1.807) is 20.8 Å². The van der Waals surface area contributed by atoms with Gasteiger partial charge in [-0.15, -0.1) is 0 Å². The largest absolute Gasteiger partial charge is 0.356 e. The van der Waals surface area contributed by atoms with Gasteiger partial charge in [0.15, 0.2) is 0 Å². The molecule has 0 radical (unpaired) electrons. The van der Waals surface area contributed by atoms with Crippen LogP contribution < -0.4 is 5.32 Å². The number of amides is 1. The number of halogens is 2. The summed E-state index contributed by atoms with van der Waals surface area (Å²) in [6.45, 7) is 14.5. The molecule has 0 saturated carbocycles. The summed E-state index contributed by atoms with van der Waals surface area (Å²) in [5.74, 6) is -2.71. The number of rotatable bonds is 8. The number of nitrogens with one attached hydrogen (secondary N) is 2. The number of hydrogen-bond acceptors (Lipinski definition) is 4. The van der Waals surface area contributed by atoms with E-state index in [2.05, 4.69) is 18.5 Å². The molecule has 1 heterocycles. The molecular weight excluding hydrogens is 400 g/mol. The molecule has 0 spiro atoms. The maximum Gasteiger partial charge on any atom is 0.264 e. The van der Waals surface area contributed by atoms with Gasteiger partial charge in [0.05, 0.1) is 16.9 Å². The predicted octanol–water partition coefficient (Wildman–Crippen LogP) is 5.54. The minimum atomic E-state index is -1.53. The fraction of sp³-hybridized carbons (Fsp3) is 0.333. The van der Waals surface area contributed by atoms with E-state index in [0.717, 1.165) is 4.90 Å². The number of carbonyl (C=O) groups excluding carboxylic acids is 1. The molecule has 3 atom stereocenters. The van der Waals surface area contributed by atoms with Crippen LogP contribution in [0, 0.1) is 23.1 Å². The van der Waals surface area contributed by atoms with E-state index >= 15 is 0 Å². The van der Waals surface area contributed by atoms with Gasteiger partial charge in [-0.05, 0) is 55.7 Å². The Morgan fingerprint density at radius 3 is 2.61 bits per heavy atom. The quantitative estimate of drug-likeness (QED) is 0.375. The Hall–Kier alpha value is -3.06. The van der Waals surface area contributed by atoms with Crippen LogP contribution in [0.4, 0.5) is 14.5 Å². The molecule has 1 aliphatic rings. The van der Waals surface area contributed by atoms with E-state index in [1.165, 1.54) is 30.4 Å². The van der Waals surface area contributed by atoms with Crippen LogP contribution in [-0.2, 0) is 0 Å².